The monoisotopic (exact) mass is 198 g/mol. The van der Waals surface area contributed by atoms with Crippen LogP contribution in [-0.2, 0) is 9.53 Å². The van der Waals surface area contributed by atoms with E-state index in [9.17, 15) is 4.79 Å². The number of rotatable bonds is 3. The van der Waals surface area contributed by atoms with Crippen LogP contribution in [0.5, 0.6) is 0 Å². The lowest BCUT2D eigenvalue weighted by Gasteiger charge is -2.18. The highest BCUT2D eigenvalue weighted by Crippen LogP contribution is 2.13. The predicted octanol–water partition coefficient (Wildman–Crippen LogP) is 0.0320. The van der Waals surface area contributed by atoms with Gasteiger partial charge in [-0.2, -0.15) is 0 Å². The minimum absolute atomic E-state index is 0.188. The van der Waals surface area contributed by atoms with Gasteiger partial charge in [-0.05, 0) is 19.8 Å². The third-order valence-corrected chi connectivity index (χ3v) is 3.09. The summed E-state index contributed by atoms with van der Waals surface area (Å²) in [6, 6.07) is 0.794. The van der Waals surface area contributed by atoms with Gasteiger partial charge in [-0.25, -0.2) is 0 Å². The fourth-order valence-electron chi connectivity index (χ4n) is 2.12. The number of carbonyl (C=O) groups excluding carboxylic acids is 1. The fourth-order valence-corrected chi connectivity index (χ4v) is 2.12. The Kier molecular flexibility index (Phi) is 3.03. The summed E-state index contributed by atoms with van der Waals surface area (Å²) < 4.78 is 5.45. The van der Waals surface area contributed by atoms with Crippen molar-refractivity contribution in [1.82, 2.24) is 10.6 Å². The topological polar surface area (TPSA) is 50.4 Å². The van der Waals surface area contributed by atoms with Gasteiger partial charge in [0.05, 0.1) is 6.10 Å². The second kappa shape index (κ2) is 4.28. The molecule has 2 aliphatic heterocycles. The van der Waals surface area contributed by atoms with Crippen LogP contribution < -0.4 is 10.6 Å². The molecule has 2 rings (SSSR count). The molecule has 0 radical (unpaired) electrons. The van der Waals surface area contributed by atoms with Crippen LogP contribution in [0.1, 0.15) is 26.2 Å². The summed E-state index contributed by atoms with van der Waals surface area (Å²) in [6.45, 7) is 3.83. The van der Waals surface area contributed by atoms with Crippen LogP contribution in [0, 0.1) is 0 Å². The lowest BCUT2D eigenvalue weighted by molar-refractivity contribution is -0.119. The van der Waals surface area contributed by atoms with Crippen LogP contribution >= 0.6 is 0 Å². The number of carbonyl (C=O) groups is 1. The standard InChI is InChI=1S/C10H18N2O2/c1-7-9(4-5-14-7)11-6-8-2-3-10(13)12-8/h7-9,11H,2-6H2,1H3,(H,12,13). The lowest BCUT2D eigenvalue weighted by Crippen LogP contribution is -2.43. The van der Waals surface area contributed by atoms with E-state index in [1.807, 2.05) is 0 Å². The van der Waals surface area contributed by atoms with Gasteiger partial charge < -0.3 is 15.4 Å². The molecule has 80 valence electrons. The summed E-state index contributed by atoms with van der Waals surface area (Å²) in [5, 5.41) is 6.40. The maximum atomic E-state index is 11.0. The van der Waals surface area contributed by atoms with Crippen molar-refractivity contribution >= 4 is 5.91 Å². The van der Waals surface area contributed by atoms with E-state index in [0.717, 1.165) is 26.0 Å². The molecule has 0 bridgehead atoms. The van der Waals surface area contributed by atoms with Crippen LogP contribution in [0.25, 0.3) is 0 Å². The second-order valence-electron chi connectivity index (χ2n) is 4.18. The van der Waals surface area contributed by atoms with Crippen molar-refractivity contribution in [1.29, 1.82) is 0 Å². The number of nitrogens with one attached hydrogen (secondary N) is 2. The summed E-state index contributed by atoms with van der Waals surface area (Å²) in [7, 11) is 0. The van der Waals surface area contributed by atoms with Crippen molar-refractivity contribution in [2.24, 2.45) is 0 Å². The molecule has 0 aromatic heterocycles. The predicted molar refractivity (Wildman–Crippen MR) is 53.0 cm³/mol. The molecule has 3 unspecified atom stereocenters. The zero-order chi connectivity index (χ0) is 9.97. The van der Waals surface area contributed by atoms with Crippen LogP contribution in [0.15, 0.2) is 0 Å². The molecule has 2 saturated heterocycles. The first-order valence-electron chi connectivity index (χ1n) is 5.40. The first kappa shape index (κ1) is 9.93. The Labute approximate surface area is 84.4 Å². The summed E-state index contributed by atoms with van der Waals surface area (Å²) >= 11 is 0. The average molecular weight is 198 g/mol. The van der Waals surface area contributed by atoms with E-state index in [-0.39, 0.29) is 5.91 Å². The Hall–Kier alpha value is -0.610. The Bertz CT molecular complexity index is 220. The maximum absolute atomic E-state index is 11.0. The Morgan fingerprint density at radius 3 is 3.00 bits per heavy atom. The fraction of sp³-hybridized carbons (Fsp3) is 0.900. The Morgan fingerprint density at radius 1 is 1.57 bits per heavy atom. The molecule has 4 heteroatoms. The minimum atomic E-state index is 0.188. The number of amides is 1. The van der Waals surface area contributed by atoms with Gasteiger partial charge in [-0.1, -0.05) is 0 Å². The lowest BCUT2D eigenvalue weighted by atomic mass is 10.1. The van der Waals surface area contributed by atoms with Crippen molar-refractivity contribution in [3.8, 4) is 0 Å². The number of hydrogen-bond donors (Lipinski definition) is 2. The van der Waals surface area contributed by atoms with Gasteiger partial charge in [0.15, 0.2) is 0 Å². The first-order chi connectivity index (χ1) is 6.75. The van der Waals surface area contributed by atoms with Crippen molar-refractivity contribution < 1.29 is 9.53 Å². The van der Waals surface area contributed by atoms with Gasteiger partial charge in [0.25, 0.3) is 0 Å². The summed E-state index contributed by atoms with van der Waals surface area (Å²) in [4.78, 5) is 11.0. The molecular formula is C10H18N2O2. The maximum Gasteiger partial charge on any atom is 0.220 e. The molecule has 0 spiro atoms. The number of hydrogen-bond acceptors (Lipinski definition) is 3. The van der Waals surface area contributed by atoms with Crippen LogP contribution in [0.4, 0.5) is 0 Å². The van der Waals surface area contributed by atoms with Crippen molar-refractivity contribution in [3.63, 3.8) is 0 Å². The van der Waals surface area contributed by atoms with Crippen LogP contribution in [0.2, 0.25) is 0 Å². The highest BCUT2D eigenvalue weighted by atomic mass is 16.5. The van der Waals surface area contributed by atoms with Gasteiger partial charge in [0, 0.05) is 31.7 Å². The largest absolute Gasteiger partial charge is 0.377 e. The highest BCUT2D eigenvalue weighted by Gasteiger charge is 2.26. The molecule has 1 amide bonds. The molecule has 2 fully saturated rings. The summed E-state index contributed by atoms with van der Waals surface area (Å²) in [5.74, 6) is 0.188. The van der Waals surface area contributed by atoms with Gasteiger partial charge in [-0.15, -0.1) is 0 Å². The molecule has 0 aromatic carbocycles. The molecule has 0 saturated carbocycles. The van der Waals surface area contributed by atoms with E-state index < -0.39 is 0 Å². The average Bonchev–Trinajstić information content (AvgIpc) is 2.72. The molecule has 0 aromatic rings. The SMILES string of the molecule is CC1OCCC1NCC1CCC(=O)N1. The normalized spacial score (nSPS) is 37.5. The quantitative estimate of drug-likeness (QED) is 0.673. The summed E-state index contributed by atoms with van der Waals surface area (Å²) in [5.41, 5.74) is 0. The number of ether oxygens (including phenoxy) is 1. The zero-order valence-electron chi connectivity index (χ0n) is 8.58. The van der Waals surface area contributed by atoms with Crippen LogP contribution in [-0.4, -0.2) is 37.2 Å². The third-order valence-electron chi connectivity index (χ3n) is 3.09. The van der Waals surface area contributed by atoms with E-state index in [1.54, 1.807) is 0 Å². The van der Waals surface area contributed by atoms with Gasteiger partial charge >= 0.3 is 0 Å². The van der Waals surface area contributed by atoms with Crippen LogP contribution in [0.3, 0.4) is 0 Å². The molecule has 4 nitrogen and oxygen atoms in total. The van der Waals surface area contributed by atoms with E-state index in [4.69, 9.17) is 4.74 Å². The molecule has 2 aliphatic rings. The minimum Gasteiger partial charge on any atom is -0.377 e. The highest BCUT2D eigenvalue weighted by molar-refractivity contribution is 5.78. The first-order valence-corrected chi connectivity index (χ1v) is 5.40. The van der Waals surface area contributed by atoms with Crippen molar-refractivity contribution in [2.45, 2.75) is 44.4 Å². The van der Waals surface area contributed by atoms with E-state index in [0.29, 0.717) is 24.6 Å². The van der Waals surface area contributed by atoms with E-state index in [2.05, 4.69) is 17.6 Å². The van der Waals surface area contributed by atoms with E-state index >= 15 is 0 Å². The molecule has 2 heterocycles. The Balaban J connectivity index is 1.69. The van der Waals surface area contributed by atoms with E-state index in [1.165, 1.54) is 0 Å². The molecule has 14 heavy (non-hydrogen) atoms. The summed E-state index contributed by atoms with van der Waals surface area (Å²) in [6.07, 6.45) is 3.05. The van der Waals surface area contributed by atoms with Crippen molar-refractivity contribution in [2.75, 3.05) is 13.2 Å². The second-order valence-corrected chi connectivity index (χ2v) is 4.18. The molecule has 2 N–H and O–H groups in total. The smallest absolute Gasteiger partial charge is 0.220 e. The molecular weight excluding hydrogens is 180 g/mol. The Morgan fingerprint density at radius 2 is 2.43 bits per heavy atom. The zero-order valence-corrected chi connectivity index (χ0v) is 8.58. The van der Waals surface area contributed by atoms with Gasteiger partial charge in [0.1, 0.15) is 0 Å². The third kappa shape index (κ3) is 2.25. The van der Waals surface area contributed by atoms with Gasteiger partial charge in [0.2, 0.25) is 5.91 Å². The molecule has 3 atom stereocenters. The van der Waals surface area contributed by atoms with Crippen molar-refractivity contribution in [3.05, 3.63) is 0 Å². The molecule has 0 aliphatic carbocycles. The van der Waals surface area contributed by atoms with Gasteiger partial charge in [-0.3, -0.25) is 4.79 Å².